The van der Waals surface area contributed by atoms with Crippen LogP contribution in [0.25, 0.3) is 0 Å². The fraction of sp³-hybridized carbons (Fsp3) is 0.714. The normalized spacial score (nSPS) is 27.6. The predicted octanol–water partition coefficient (Wildman–Crippen LogP) is 0.512. The average Bonchev–Trinajstić information content (AvgIpc) is 2.94. The van der Waals surface area contributed by atoms with E-state index in [9.17, 15) is 9.59 Å². The lowest BCUT2D eigenvalue weighted by Gasteiger charge is -2.32. The highest BCUT2D eigenvalue weighted by Crippen LogP contribution is 2.27. The van der Waals surface area contributed by atoms with E-state index in [0.29, 0.717) is 6.04 Å². The monoisotopic (exact) mass is 283 g/mol. The van der Waals surface area contributed by atoms with E-state index in [0.717, 1.165) is 57.7 Å². The summed E-state index contributed by atoms with van der Waals surface area (Å²) in [6.45, 7) is 3.47. The summed E-state index contributed by atoms with van der Waals surface area (Å²) in [5.74, 6) is -1.04. The summed E-state index contributed by atoms with van der Waals surface area (Å²) >= 11 is 0. The van der Waals surface area contributed by atoms with Gasteiger partial charge in [-0.15, -0.1) is 0 Å². The maximum absolute atomic E-state index is 11.6. The lowest BCUT2D eigenvalue weighted by atomic mass is 10.2. The number of rotatable bonds is 4. The molecule has 1 saturated heterocycles. The zero-order valence-corrected chi connectivity index (χ0v) is 11.7. The number of morpholine rings is 1. The summed E-state index contributed by atoms with van der Waals surface area (Å²) < 4.78 is 15.1. The molecule has 6 nitrogen and oxygen atoms in total. The number of carbonyl (C=O) groups is 2. The number of esters is 2. The third kappa shape index (κ3) is 4.31. The van der Waals surface area contributed by atoms with Crippen molar-refractivity contribution >= 4 is 11.9 Å². The van der Waals surface area contributed by atoms with Gasteiger partial charge in [-0.2, -0.15) is 0 Å². The molecule has 0 aromatic heterocycles. The molecule has 0 amide bonds. The van der Waals surface area contributed by atoms with Crippen LogP contribution in [-0.2, 0) is 23.8 Å². The lowest BCUT2D eigenvalue weighted by Crippen LogP contribution is -2.42. The van der Waals surface area contributed by atoms with Crippen LogP contribution in [0.2, 0.25) is 0 Å². The summed E-state index contributed by atoms with van der Waals surface area (Å²) in [5, 5.41) is 0. The summed E-state index contributed by atoms with van der Waals surface area (Å²) in [7, 11) is 1.27. The first kappa shape index (κ1) is 15.0. The standard InChI is InChI=1S/C14H21NO5/c1-18-13(16)4-5-14(17)20-12-3-2-11(10-12)15-6-8-19-9-7-15/h4-5,11-12H,2-3,6-10H2,1H3/b5-4+. The van der Waals surface area contributed by atoms with Gasteiger partial charge in [0.05, 0.1) is 20.3 Å². The zero-order chi connectivity index (χ0) is 14.4. The van der Waals surface area contributed by atoms with Crippen LogP contribution >= 0.6 is 0 Å². The zero-order valence-electron chi connectivity index (χ0n) is 11.7. The molecule has 0 N–H and O–H groups in total. The van der Waals surface area contributed by atoms with Crippen LogP contribution in [0.5, 0.6) is 0 Å². The van der Waals surface area contributed by atoms with Crippen LogP contribution in [-0.4, -0.2) is 62.4 Å². The molecule has 2 rings (SSSR count). The van der Waals surface area contributed by atoms with Crippen molar-refractivity contribution in [3.63, 3.8) is 0 Å². The molecular formula is C14H21NO5. The van der Waals surface area contributed by atoms with Gasteiger partial charge in [-0.05, 0) is 19.3 Å². The number of hydrogen-bond acceptors (Lipinski definition) is 6. The van der Waals surface area contributed by atoms with Crippen molar-refractivity contribution in [2.45, 2.75) is 31.4 Å². The summed E-state index contributed by atoms with van der Waals surface area (Å²) in [6, 6.07) is 0.473. The van der Waals surface area contributed by atoms with Gasteiger partial charge < -0.3 is 14.2 Å². The summed E-state index contributed by atoms with van der Waals surface area (Å²) in [5.41, 5.74) is 0. The molecule has 20 heavy (non-hydrogen) atoms. The first-order valence-electron chi connectivity index (χ1n) is 6.97. The molecule has 2 unspecified atom stereocenters. The molecule has 0 bridgehead atoms. The van der Waals surface area contributed by atoms with E-state index in [1.165, 1.54) is 7.11 Å². The second-order valence-electron chi connectivity index (χ2n) is 5.03. The van der Waals surface area contributed by atoms with Gasteiger partial charge in [0, 0.05) is 31.3 Å². The topological polar surface area (TPSA) is 65.1 Å². The van der Waals surface area contributed by atoms with Crippen molar-refractivity contribution in [3.05, 3.63) is 12.2 Å². The second-order valence-corrected chi connectivity index (χ2v) is 5.03. The minimum Gasteiger partial charge on any atom is -0.466 e. The Morgan fingerprint density at radius 1 is 1.15 bits per heavy atom. The molecule has 1 heterocycles. The fourth-order valence-electron chi connectivity index (χ4n) is 2.71. The van der Waals surface area contributed by atoms with E-state index in [1.54, 1.807) is 0 Å². The van der Waals surface area contributed by atoms with Gasteiger partial charge in [-0.3, -0.25) is 4.90 Å². The van der Waals surface area contributed by atoms with Gasteiger partial charge in [-0.1, -0.05) is 0 Å². The van der Waals surface area contributed by atoms with Crippen molar-refractivity contribution in [3.8, 4) is 0 Å². The smallest absolute Gasteiger partial charge is 0.331 e. The lowest BCUT2D eigenvalue weighted by molar-refractivity contribution is -0.143. The van der Waals surface area contributed by atoms with Crippen LogP contribution in [0.1, 0.15) is 19.3 Å². The van der Waals surface area contributed by atoms with Crippen molar-refractivity contribution in [1.29, 1.82) is 0 Å². The second kappa shape index (κ2) is 7.40. The number of carbonyl (C=O) groups excluding carboxylic acids is 2. The van der Waals surface area contributed by atoms with Crippen LogP contribution < -0.4 is 0 Å². The third-order valence-corrected chi connectivity index (χ3v) is 3.76. The molecule has 1 aliphatic carbocycles. The number of hydrogen-bond donors (Lipinski definition) is 0. The predicted molar refractivity (Wildman–Crippen MR) is 71.1 cm³/mol. The Bertz CT molecular complexity index is 376. The van der Waals surface area contributed by atoms with E-state index in [2.05, 4.69) is 9.64 Å². The Balaban J connectivity index is 1.74. The molecule has 112 valence electrons. The molecular weight excluding hydrogens is 262 g/mol. The van der Waals surface area contributed by atoms with Crippen molar-refractivity contribution in [1.82, 2.24) is 4.90 Å². The molecule has 0 aromatic rings. The summed E-state index contributed by atoms with van der Waals surface area (Å²) in [4.78, 5) is 24.8. The van der Waals surface area contributed by atoms with Gasteiger partial charge in [0.1, 0.15) is 6.10 Å². The average molecular weight is 283 g/mol. The fourth-order valence-corrected chi connectivity index (χ4v) is 2.71. The molecule has 0 spiro atoms. The largest absolute Gasteiger partial charge is 0.466 e. The molecule has 6 heteroatoms. The van der Waals surface area contributed by atoms with Crippen LogP contribution in [0.4, 0.5) is 0 Å². The number of methoxy groups -OCH3 is 1. The molecule has 2 atom stereocenters. The van der Waals surface area contributed by atoms with Crippen molar-refractivity contribution in [2.75, 3.05) is 33.4 Å². The van der Waals surface area contributed by atoms with Crippen molar-refractivity contribution in [2.24, 2.45) is 0 Å². The van der Waals surface area contributed by atoms with Gasteiger partial charge in [0.25, 0.3) is 0 Å². The van der Waals surface area contributed by atoms with Gasteiger partial charge in [0.15, 0.2) is 0 Å². The highest BCUT2D eigenvalue weighted by Gasteiger charge is 2.31. The summed E-state index contributed by atoms with van der Waals surface area (Å²) in [6.07, 6.45) is 4.92. The minimum atomic E-state index is -0.556. The van der Waals surface area contributed by atoms with Crippen LogP contribution in [0, 0.1) is 0 Å². The Hall–Kier alpha value is -1.40. The van der Waals surface area contributed by atoms with Gasteiger partial charge in [-0.25, -0.2) is 9.59 Å². The SMILES string of the molecule is COC(=O)/C=C/C(=O)OC1CCC(N2CCOCC2)C1. The van der Waals surface area contributed by atoms with E-state index in [4.69, 9.17) is 9.47 Å². The Kier molecular flexibility index (Phi) is 5.55. The maximum Gasteiger partial charge on any atom is 0.331 e. The Morgan fingerprint density at radius 2 is 1.85 bits per heavy atom. The van der Waals surface area contributed by atoms with Gasteiger partial charge in [0.2, 0.25) is 0 Å². The van der Waals surface area contributed by atoms with Gasteiger partial charge >= 0.3 is 11.9 Å². The quantitative estimate of drug-likeness (QED) is 0.553. The van der Waals surface area contributed by atoms with E-state index < -0.39 is 11.9 Å². The third-order valence-electron chi connectivity index (χ3n) is 3.76. The Morgan fingerprint density at radius 3 is 2.55 bits per heavy atom. The highest BCUT2D eigenvalue weighted by atomic mass is 16.5. The van der Waals surface area contributed by atoms with E-state index in [1.807, 2.05) is 0 Å². The van der Waals surface area contributed by atoms with Crippen LogP contribution in [0.15, 0.2) is 12.2 Å². The number of ether oxygens (including phenoxy) is 3. The molecule has 1 aliphatic heterocycles. The highest BCUT2D eigenvalue weighted by molar-refractivity contribution is 5.91. The van der Waals surface area contributed by atoms with Crippen molar-refractivity contribution < 1.29 is 23.8 Å². The van der Waals surface area contributed by atoms with Crippen LogP contribution in [0.3, 0.4) is 0 Å². The first-order valence-corrected chi connectivity index (χ1v) is 6.97. The molecule has 1 saturated carbocycles. The van der Waals surface area contributed by atoms with E-state index >= 15 is 0 Å². The molecule has 0 aromatic carbocycles. The maximum atomic E-state index is 11.6. The molecule has 2 aliphatic rings. The molecule has 0 radical (unpaired) electrons. The minimum absolute atomic E-state index is 0.0577. The van der Waals surface area contributed by atoms with E-state index in [-0.39, 0.29) is 6.10 Å². The first-order chi connectivity index (χ1) is 9.69. The molecule has 2 fully saturated rings. The number of nitrogens with zero attached hydrogens (tertiary/aromatic N) is 1. The Labute approximate surface area is 118 Å².